The third-order valence-corrected chi connectivity index (χ3v) is 3.14. The quantitative estimate of drug-likeness (QED) is 0.657. The van der Waals surface area contributed by atoms with Gasteiger partial charge in [0.15, 0.2) is 11.5 Å². The fourth-order valence-corrected chi connectivity index (χ4v) is 2.09. The lowest BCUT2D eigenvalue weighted by Gasteiger charge is -2.07. The summed E-state index contributed by atoms with van der Waals surface area (Å²) in [6.07, 6.45) is 2.38. The van der Waals surface area contributed by atoms with E-state index in [0.29, 0.717) is 18.0 Å². The van der Waals surface area contributed by atoms with Gasteiger partial charge in [0.1, 0.15) is 11.3 Å². The molecule has 4 N–H and O–H groups in total. The van der Waals surface area contributed by atoms with Gasteiger partial charge >= 0.3 is 0 Å². The molecule has 0 spiro atoms. The Balaban J connectivity index is 1.90. The van der Waals surface area contributed by atoms with E-state index in [1.165, 1.54) is 0 Å². The van der Waals surface area contributed by atoms with E-state index in [1.54, 1.807) is 6.33 Å². The molecule has 0 aliphatic rings. The number of aryl methyl sites for hydroxylation is 2. The molecular weight excluding hydrogens is 258 g/mol. The van der Waals surface area contributed by atoms with E-state index in [1.807, 2.05) is 13.8 Å². The Bertz CT molecular complexity index is 745. The summed E-state index contributed by atoms with van der Waals surface area (Å²) in [5.41, 5.74) is 8.92. The molecule has 3 rings (SSSR count). The van der Waals surface area contributed by atoms with Crippen LogP contribution in [0, 0.1) is 6.92 Å². The number of fused-ring (bicyclic) bond motifs is 1. The fraction of sp³-hybridized carbons (Fsp3) is 0.333. The zero-order chi connectivity index (χ0) is 14.1. The molecule has 0 aliphatic carbocycles. The van der Waals surface area contributed by atoms with Crippen molar-refractivity contribution in [3.8, 4) is 0 Å². The molecule has 0 aromatic carbocycles. The fourth-order valence-electron chi connectivity index (χ4n) is 2.09. The SMILES string of the molecule is CCc1noc(C)c1CNc1nc(N)nc2nc[nH]c12. The molecule has 0 saturated heterocycles. The maximum atomic E-state index is 5.67. The third-order valence-electron chi connectivity index (χ3n) is 3.14. The molecular formula is C12H15N7O. The van der Waals surface area contributed by atoms with Crippen molar-refractivity contribution in [3.63, 3.8) is 0 Å². The first kappa shape index (κ1) is 12.4. The number of nitrogens with two attached hydrogens (primary N) is 1. The van der Waals surface area contributed by atoms with Crippen molar-refractivity contribution < 1.29 is 4.52 Å². The van der Waals surface area contributed by atoms with Crippen LogP contribution in [-0.2, 0) is 13.0 Å². The maximum absolute atomic E-state index is 5.67. The number of aromatic amines is 1. The average molecular weight is 273 g/mol. The summed E-state index contributed by atoms with van der Waals surface area (Å²) in [5.74, 6) is 1.61. The molecule has 8 nitrogen and oxygen atoms in total. The number of nitrogens with one attached hydrogen (secondary N) is 2. The second kappa shape index (κ2) is 4.80. The minimum absolute atomic E-state index is 0.185. The minimum atomic E-state index is 0.185. The lowest BCUT2D eigenvalue weighted by Crippen LogP contribution is -2.07. The van der Waals surface area contributed by atoms with Crippen LogP contribution in [0.15, 0.2) is 10.9 Å². The molecule has 0 aliphatic heterocycles. The van der Waals surface area contributed by atoms with E-state index < -0.39 is 0 Å². The van der Waals surface area contributed by atoms with Crippen LogP contribution in [-0.4, -0.2) is 25.1 Å². The van der Waals surface area contributed by atoms with Crippen molar-refractivity contribution in [2.24, 2.45) is 0 Å². The molecule has 3 aromatic rings. The van der Waals surface area contributed by atoms with Gasteiger partial charge < -0.3 is 20.6 Å². The lowest BCUT2D eigenvalue weighted by atomic mass is 10.1. The topological polar surface area (TPSA) is 119 Å². The standard InChI is InChI=1S/C12H15N7O/c1-3-8-7(6(2)20-19-8)4-14-10-9-11(16-5-15-9)18-12(13)17-10/h5H,3-4H2,1-2H3,(H4,13,14,15,16,17,18). The molecule has 3 heterocycles. The van der Waals surface area contributed by atoms with E-state index in [9.17, 15) is 0 Å². The van der Waals surface area contributed by atoms with Gasteiger partial charge in [-0.15, -0.1) is 0 Å². The van der Waals surface area contributed by atoms with Crippen LogP contribution < -0.4 is 11.1 Å². The van der Waals surface area contributed by atoms with Crippen molar-refractivity contribution in [1.29, 1.82) is 0 Å². The summed E-state index contributed by atoms with van der Waals surface area (Å²) in [4.78, 5) is 15.3. The van der Waals surface area contributed by atoms with Crippen LogP contribution in [0.2, 0.25) is 0 Å². The minimum Gasteiger partial charge on any atom is -0.368 e. The molecule has 0 bridgehead atoms. The van der Waals surface area contributed by atoms with Crippen LogP contribution in [0.4, 0.5) is 11.8 Å². The molecule has 0 amide bonds. The van der Waals surface area contributed by atoms with E-state index >= 15 is 0 Å². The van der Waals surface area contributed by atoms with Gasteiger partial charge in [0.2, 0.25) is 5.95 Å². The Hall–Kier alpha value is -2.64. The number of anilines is 2. The summed E-state index contributed by atoms with van der Waals surface area (Å²) < 4.78 is 5.20. The predicted molar refractivity (Wildman–Crippen MR) is 74.0 cm³/mol. The number of imidazole rings is 1. The number of aromatic nitrogens is 5. The van der Waals surface area contributed by atoms with Gasteiger partial charge in [0.25, 0.3) is 0 Å². The summed E-state index contributed by atoms with van der Waals surface area (Å²) in [6.45, 7) is 4.49. The maximum Gasteiger partial charge on any atom is 0.224 e. The summed E-state index contributed by atoms with van der Waals surface area (Å²) in [7, 11) is 0. The molecule has 0 unspecified atom stereocenters. The van der Waals surface area contributed by atoms with Gasteiger partial charge in [0, 0.05) is 12.1 Å². The zero-order valence-electron chi connectivity index (χ0n) is 11.3. The normalized spacial score (nSPS) is 11.1. The van der Waals surface area contributed by atoms with Crippen molar-refractivity contribution in [2.75, 3.05) is 11.1 Å². The van der Waals surface area contributed by atoms with Crippen LogP contribution >= 0.6 is 0 Å². The van der Waals surface area contributed by atoms with E-state index in [0.717, 1.165) is 29.0 Å². The molecule has 0 radical (unpaired) electrons. The monoisotopic (exact) mass is 273 g/mol. The highest BCUT2D eigenvalue weighted by atomic mass is 16.5. The third kappa shape index (κ3) is 2.04. The lowest BCUT2D eigenvalue weighted by molar-refractivity contribution is 0.390. The molecule has 3 aromatic heterocycles. The van der Waals surface area contributed by atoms with Crippen molar-refractivity contribution in [1.82, 2.24) is 25.1 Å². The Morgan fingerprint density at radius 1 is 1.40 bits per heavy atom. The molecule has 104 valence electrons. The largest absolute Gasteiger partial charge is 0.368 e. The molecule has 8 heteroatoms. The molecule has 20 heavy (non-hydrogen) atoms. The first-order chi connectivity index (χ1) is 9.69. The highest BCUT2D eigenvalue weighted by Crippen LogP contribution is 2.20. The number of nitrogens with zero attached hydrogens (tertiary/aromatic N) is 4. The summed E-state index contributed by atoms with van der Waals surface area (Å²) in [6, 6.07) is 0. The Kier molecular flexibility index (Phi) is 2.97. The first-order valence-corrected chi connectivity index (χ1v) is 6.33. The smallest absolute Gasteiger partial charge is 0.224 e. The van der Waals surface area contributed by atoms with E-state index in [-0.39, 0.29) is 5.95 Å². The molecule has 0 fully saturated rings. The Labute approximate surface area is 114 Å². The second-order valence-electron chi connectivity index (χ2n) is 4.40. The summed E-state index contributed by atoms with van der Waals surface area (Å²) in [5, 5.41) is 7.25. The van der Waals surface area contributed by atoms with Crippen LogP contribution in [0.5, 0.6) is 0 Å². The Morgan fingerprint density at radius 3 is 3.05 bits per heavy atom. The van der Waals surface area contributed by atoms with Gasteiger partial charge in [-0.05, 0) is 13.3 Å². The molecule has 0 saturated carbocycles. The van der Waals surface area contributed by atoms with Gasteiger partial charge in [0.05, 0.1) is 12.0 Å². The Morgan fingerprint density at radius 2 is 2.25 bits per heavy atom. The number of rotatable bonds is 4. The van der Waals surface area contributed by atoms with Gasteiger partial charge in [-0.25, -0.2) is 4.98 Å². The van der Waals surface area contributed by atoms with E-state index in [4.69, 9.17) is 10.3 Å². The van der Waals surface area contributed by atoms with E-state index in [2.05, 4.69) is 30.4 Å². The van der Waals surface area contributed by atoms with Gasteiger partial charge in [-0.1, -0.05) is 12.1 Å². The first-order valence-electron chi connectivity index (χ1n) is 6.33. The summed E-state index contributed by atoms with van der Waals surface area (Å²) >= 11 is 0. The predicted octanol–water partition coefficient (Wildman–Crippen LogP) is 1.41. The van der Waals surface area contributed by atoms with Crippen LogP contribution in [0.3, 0.4) is 0 Å². The highest BCUT2D eigenvalue weighted by molar-refractivity contribution is 5.83. The number of hydrogen-bond donors (Lipinski definition) is 3. The van der Waals surface area contributed by atoms with Crippen molar-refractivity contribution in [2.45, 2.75) is 26.8 Å². The molecule has 0 atom stereocenters. The highest BCUT2D eigenvalue weighted by Gasteiger charge is 2.13. The van der Waals surface area contributed by atoms with Crippen molar-refractivity contribution in [3.05, 3.63) is 23.3 Å². The van der Waals surface area contributed by atoms with Crippen molar-refractivity contribution >= 4 is 22.9 Å². The van der Waals surface area contributed by atoms with Gasteiger partial charge in [-0.3, -0.25) is 0 Å². The number of nitrogen functional groups attached to an aromatic ring is 1. The van der Waals surface area contributed by atoms with Crippen LogP contribution in [0.25, 0.3) is 11.2 Å². The average Bonchev–Trinajstić information content (AvgIpc) is 3.02. The van der Waals surface area contributed by atoms with Gasteiger partial charge in [-0.2, -0.15) is 9.97 Å². The zero-order valence-corrected chi connectivity index (χ0v) is 11.3. The second-order valence-corrected chi connectivity index (χ2v) is 4.40. The van der Waals surface area contributed by atoms with Crippen LogP contribution in [0.1, 0.15) is 23.9 Å². The number of hydrogen-bond acceptors (Lipinski definition) is 7. The number of H-pyrrole nitrogens is 1.